The highest BCUT2D eigenvalue weighted by Crippen LogP contribution is 2.21. The number of Topliss-reactive ketones (excluding diaryl/α,β-unsaturated/α-hetero) is 2. The molecule has 0 saturated carbocycles. The first-order valence-electron chi connectivity index (χ1n) is 19.1. The first-order valence-corrected chi connectivity index (χ1v) is 19.1. The second-order valence-electron chi connectivity index (χ2n) is 14.7. The van der Waals surface area contributed by atoms with E-state index in [4.69, 9.17) is 15.3 Å². The Hall–Kier alpha value is -5.35. The molecule has 1 aromatic carbocycles. The van der Waals surface area contributed by atoms with Gasteiger partial charge in [0.1, 0.15) is 6.61 Å². The van der Waals surface area contributed by atoms with Crippen molar-refractivity contribution in [2.75, 3.05) is 18.9 Å². The summed E-state index contributed by atoms with van der Waals surface area (Å²) < 4.78 is 5.39. The molecule has 310 valence electrons. The lowest BCUT2D eigenvalue weighted by atomic mass is 9.89. The number of anilines is 1. The number of nitrogens with one attached hydrogen (secondary N) is 3. The Morgan fingerprint density at radius 2 is 1.46 bits per heavy atom. The van der Waals surface area contributed by atoms with Crippen LogP contribution in [0, 0.1) is 17.8 Å². The van der Waals surface area contributed by atoms with Gasteiger partial charge in [0.15, 0.2) is 11.6 Å². The zero-order valence-corrected chi connectivity index (χ0v) is 33.4. The van der Waals surface area contributed by atoms with Crippen molar-refractivity contribution in [1.82, 2.24) is 20.6 Å². The van der Waals surface area contributed by atoms with Gasteiger partial charge in [-0.1, -0.05) is 52.7 Å². The number of hydroxylamine groups is 2. The van der Waals surface area contributed by atoms with Gasteiger partial charge in [0, 0.05) is 57.3 Å². The summed E-state index contributed by atoms with van der Waals surface area (Å²) in [6, 6.07) is 4.43. The summed E-state index contributed by atoms with van der Waals surface area (Å²) in [5.41, 5.74) is 6.25. The molecule has 3 atom stereocenters. The third kappa shape index (κ3) is 16.2. The van der Waals surface area contributed by atoms with Crippen molar-refractivity contribution in [2.24, 2.45) is 23.5 Å². The number of benzene rings is 1. The highest BCUT2D eigenvalue weighted by atomic mass is 16.7. The van der Waals surface area contributed by atoms with E-state index in [0.29, 0.717) is 48.4 Å². The number of nitrogens with two attached hydrogens (primary N) is 1. The second-order valence-corrected chi connectivity index (χ2v) is 14.7. The molecule has 1 aliphatic heterocycles. The number of primary amides is 1. The van der Waals surface area contributed by atoms with Gasteiger partial charge in [0.2, 0.25) is 11.8 Å². The Labute approximate surface area is 328 Å². The SMILES string of the molecule is CC(=O)[C@H](C(C)C)N(C)C(=O)OCc1ccc(NC(=O)[C@H](CCCNC(N)=O)CC(=O)[C@@H](NC(=O)CCCCCCC(=O)ON2C(=O)CCC2=O)C(C)C)cc1. The molecular weight excluding hydrogens is 728 g/mol. The van der Waals surface area contributed by atoms with Crippen LogP contribution in [0.4, 0.5) is 15.3 Å². The number of ketones is 2. The molecule has 1 saturated heterocycles. The molecule has 1 aromatic rings. The van der Waals surface area contributed by atoms with Gasteiger partial charge < -0.3 is 36.2 Å². The molecule has 17 heteroatoms. The molecule has 5 N–H and O–H groups in total. The number of ether oxygens (including phenoxy) is 1. The quantitative estimate of drug-likeness (QED) is 0.0865. The van der Waals surface area contributed by atoms with Gasteiger partial charge in [-0.05, 0) is 62.1 Å². The molecule has 2 rings (SSSR count). The van der Waals surface area contributed by atoms with E-state index >= 15 is 0 Å². The molecule has 0 bridgehead atoms. The van der Waals surface area contributed by atoms with Crippen LogP contribution in [0.3, 0.4) is 0 Å². The summed E-state index contributed by atoms with van der Waals surface area (Å²) in [5.74, 6) is -4.14. The Morgan fingerprint density at radius 1 is 0.857 bits per heavy atom. The number of carbonyl (C=O) groups excluding carboxylic acids is 9. The average molecular weight is 787 g/mol. The summed E-state index contributed by atoms with van der Waals surface area (Å²) in [6.45, 7) is 8.83. The highest BCUT2D eigenvalue weighted by Gasteiger charge is 2.33. The van der Waals surface area contributed by atoms with Gasteiger partial charge in [-0.3, -0.25) is 28.8 Å². The van der Waals surface area contributed by atoms with Crippen LogP contribution in [0.25, 0.3) is 0 Å². The molecular formula is C39H58N6O11. The molecule has 7 amide bonds. The lowest BCUT2D eigenvalue weighted by Crippen LogP contribution is -2.45. The van der Waals surface area contributed by atoms with Crippen LogP contribution in [0.5, 0.6) is 0 Å². The predicted molar refractivity (Wildman–Crippen MR) is 204 cm³/mol. The third-order valence-electron chi connectivity index (χ3n) is 9.25. The number of nitrogens with zero attached hydrogens (tertiary/aromatic N) is 2. The Balaban J connectivity index is 1.92. The molecule has 56 heavy (non-hydrogen) atoms. The molecule has 0 aliphatic carbocycles. The fourth-order valence-electron chi connectivity index (χ4n) is 6.31. The van der Waals surface area contributed by atoms with E-state index < -0.39 is 53.8 Å². The fraction of sp³-hybridized carbons (Fsp3) is 0.615. The van der Waals surface area contributed by atoms with Crippen LogP contribution >= 0.6 is 0 Å². The van der Waals surface area contributed by atoms with Gasteiger partial charge in [0.25, 0.3) is 11.8 Å². The van der Waals surface area contributed by atoms with Crippen LogP contribution in [-0.2, 0) is 49.7 Å². The number of carbonyl (C=O) groups is 9. The number of hydrogen-bond acceptors (Lipinski definition) is 11. The Bertz CT molecular complexity index is 1550. The van der Waals surface area contributed by atoms with Gasteiger partial charge in [0.05, 0.1) is 12.1 Å². The molecule has 0 unspecified atom stereocenters. The smallest absolute Gasteiger partial charge is 0.410 e. The van der Waals surface area contributed by atoms with Crippen molar-refractivity contribution >= 4 is 59.0 Å². The van der Waals surface area contributed by atoms with Gasteiger partial charge >= 0.3 is 18.1 Å². The maximum atomic E-state index is 13.6. The standard InChI is InChI=1S/C39H58N6O11/c1-24(2)35(43-31(48)13-9-7-8-10-14-34(51)56-45-32(49)19-20-33(45)50)30(47)22-28(12-11-21-41-38(40)53)37(52)42-29-17-15-27(16-18-29)23-55-39(54)44(6)36(25(3)4)26(5)46/h15-18,24-25,28,35-36H,7-14,19-23H2,1-6H3,(H,42,52)(H,43,48)(H3,40,41,53)/t28-,35+,36+/m1/s1. The second kappa shape index (κ2) is 23.5. The first-order chi connectivity index (χ1) is 26.4. The van der Waals surface area contributed by atoms with Crippen molar-refractivity contribution in [3.8, 4) is 0 Å². The predicted octanol–water partition coefficient (Wildman–Crippen LogP) is 3.92. The Kier molecular flexibility index (Phi) is 19.7. The summed E-state index contributed by atoms with van der Waals surface area (Å²) in [6.07, 6.45) is 2.16. The van der Waals surface area contributed by atoms with Crippen LogP contribution < -0.4 is 21.7 Å². The minimum absolute atomic E-state index is 0.0178. The average Bonchev–Trinajstić information content (AvgIpc) is 3.44. The van der Waals surface area contributed by atoms with Crippen molar-refractivity contribution in [2.45, 2.75) is 124 Å². The summed E-state index contributed by atoms with van der Waals surface area (Å²) >= 11 is 0. The number of unbranched alkanes of at least 4 members (excludes halogenated alkanes) is 3. The zero-order chi connectivity index (χ0) is 41.9. The molecule has 0 radical (unpaired) electrons. The normalized spacial score (nSPS) is 14.2. The van der Waals surface area contributed by atoms with E-state index in [-0.39, 0.29) is 81.0 Å². The minimum Gasteiger partial charge on any atom is -0.445 e. The van der Waals surface area contributed by atoms with E-state index in [1.54, 1.807) is 38.1 Å². The topological polar surface area (TPSA) is 241 Å². The van der Waals surface area contributed by atoms with Crippen molar-refractivity contribution in [3.63, 3.8) is 0 Å². The monoisotopic (exact) mass is 786 g/mol. The largest absolute Gasteiger partial charge is 0.445 e. The maximum Gasteiger partial charge on any atom is 0.410 e. The molecule has 1 aliphatic rings. The van der Waals surface area contributed by atoms with E-state index in [1.807, 2.05) is 13.8 Å². The lowest BCUT2D eigenvalue weighted by molar-refractivity contribution is -0.197. The molecule has 17 nitrogen and oxygen atoms in total. The van der Waals surface area contributed by atoms with E-state index in [9.17, 15) is 43.2 Å². The van der Waals surface area contributed by atoms with Crippen LogP contribution in [0.2, 0.25) is 0 Å². The highest BCUT2D eigenvalue weighted by molar-refractivity contribution is 6.01. The summed E-state index contributed by atoms with van der Waals surface area (Å²) in [4.78, 5) is 117. The van der Waals surface area contributed by atoms with Gasteiger partial charge in [-0.2, -0.15) is 0 Å². The fourth-order valence-corrected chi connectivity index (χ4v) is 6.31. The number of urea groups is 1. The molecule has 0 spiro atoms. The van der Waals surface area contributed by atoms with Crippen molar-refractivity contribution < 1.29 is 52.7 Å². The third-order valence-corrected chi connectivity index (χ3v) is 9.25. The van der Waals surface area contributed by atoms with Gasteiger partial charge in [-0.25, -0.2) is 14.4 Å². The van der Waals surface area contributed by atoms with E-state index in [1.165, 1.54) is 18.9 Å². The number of rotatable bonds is 24. The Morgan fingerprint density at radius 3 is 2.02 bits per heavy atom. The number of imide groups is 1. The molecule has 1 heterocycles. The van der Waals surface area contributed by atoms with E-state index in [0.717, 1.165) is 0 Å². The lowest BCUT2D eigenvalue weighted by Gasteiger charge is -2.28. The molecule has 0 aromatic heterocycles. The van der Waals surface area contributed by atoms with E-state index in [2.05, 4.69) is 16.0 Å². The number of hydrogen-bond donors (Lipinski definition) is 4. The summed E-state index contributed by atoms with van der Waals surface area (Å²) in [7, 11) is 1.51. The zero-order valence-electron chi connectivity index (χ0n) is 33.4. The minimum atomic E-state index is -0.848. The van der Waals surface area contributed by atoms with Crippen LogP contribution in [-0.4, -0.2) is 88.9 Å². The van der Waals surface area contributed by atoms with Crippen LogP contribution in [0.1, 0.15) is 111 Å². The molecule has 1 fully saturated rings. The maximum absolute atomic E-state index is 13.6. The van der Waals surface area contributed by atoms with Gasteiger partial charge in [-0.15, -0.1) is 5.06 Å². The van der Waals surface area contributed by atoms with Crippen molar-refractivity contribution in [3.05, 3.63) is 29.8 Å². The first kappa shape index (κ1) is 46.8. The summed E-state index contributed by atoms with van der Waals surface area (Å²) in [5, 5.41) is 8.62. The van der Waals surface area contributed by atoms with Crippen LogP contribution in [0.15, 0.2) is 24.3 Å². The number of amides is 7. The number of likely N-dealkylation sites (N-methyl/N-ethyl adjacent to an activating group) is 1. The van der Waals surface area contributed by atoms with Crippen molar-refractivity contribution in [1.29, 1.82) is 0 Å².